The van der Waals surface area contributed by atoms with E-state index in [-0.39, 0.29) is 6.42 Å². The maximum absolute atomic E-state index is 12.8. The first-order valence-electron chi connectivity index (χ1n) is 9.45. The largest absolute Gasteiger partial charge is 0.598 e. The summed E-state index contributed by atoms with van der Waals surface area (Å²) in [7, 11) is 0. The van der Waals surface area contributed by atoms with E-state index in [1.807, 2.05) is 51.1 Å². The van der Waals surface area contributed by atoms with Gasteiger partial charge in [0.15, 0.2) is 0 Å². The van der Waals surface area contributed by atoms with Crippen LogP contribution in [0.4, 0.5) is 0 Å². The number of carbonyl (C=O) groups is 1. The summed E-state index contributed by atoms with van der Waals surface area (Å²) in [5, 5.41) is 12.0. The summed E-state index contributed by atoms with van der Waals surface area (Å²) in [6.07, 6.45) is -0.255. The Morgan fingerprint density at radius 2 is 1.87 bits per heavy atom. The molecule has 0 spiro atoms. The highest BCUT2D eigenvalue weighted by Crippen LogP contribution is 2.41. The Bertz CT molecular complexity index is 1190. The van der Waals surface area contributed by atoms with Crippen LogP contribution in [0.25, 0.3) is 20.2 Å². The van der Waals surface area contributed by atoms with Crippen LogP contribution in [0.2, 0.25) is 5.02 Å². The predicted molar refractivity (Wildman–Crippen MR) is 128 cm³/mol. The molecule has 0 saturated heterocycles. The van der Waals surface area contributed by atoms with Crippen molar-refractivity contribution in [3.8, 4) is 11.8 Å². The molecular weight excluding hydrogens is 438 g/mol. The number of halogens is 1. The van der Waals surface area contributed by atoms with Crippen LogP contribution in [0, 0.1) is 11.8 Å². The maximum atomic E-state index is 12.8. The van der Waals surface area contributed by atoms with Crippen molar-refractivity contribution in [3.05, 3.63) is 46.5 Å². The molecule has 0 aliphatic carbocycles. The Kier molecular flexibility index (Phi) is 6.43. The lowest BCUT2D eigenvalue weighted by molar-refractivity contribution is -0.138. The van der Waals surface area contributed by atoms with Gasteiger partial charge in [0.25, 0.3) is 0 Å². The molecule has 1 aromatic heterocycles. The van der Waals surface area contributed by atoms with Crippen LogP contribution in [0.15, 0.2) is 30.3 Å². The minimum absolute atomic E-state index is 0.255. The fourth-order valence-electron chi connectivity index (χ4n) is 3.29. The second-order valence-corrected chi connectivity index (χ2v) is 11.9. The summed E-state index contributed by atoms with van der Waals surface area (Å²) in [6.45, 7) is 9.05. The van der Waals surface area contributed by atoms with Crippen LogP contribution in [-0.4, -0.2) is 20.4 Å². The lowest BCUT2D eigenvalue weighted by Crippen LogP contribution is -2.51. The maximum Gasteiger partial charge on any atom is 0.305 e. The summed E-state index contributed by atoms with van der Waals surface area (Å²) in [5.41, 5.74) is 0.425. The smallest absolute Gasteiger partial charge is 0.305 e. The van der Waals surface area contributed by atoms with Crippen LogP contribution in [0.3, 0.4) is 0 Å². The predicted octanol–water partition coefficient (Wildman–Crippen LogP) is 5.82. The average molecular weight is 462 g/mol. The van der Waals surface area contributed by atoms with Crippen molar-refractivity contribution in [1.29, 1.82) is 0 Å². The van der Waals surface area contributed by atoms with Crippen molar-refractivity contribution in [2.45, 2.75) is 51.3 Å². The monoisotopic (exact) mass is 461 g/mol. The number of hydrogen-bond donors (Lipinski definition) is 2. The van der Waals surface area contributed by atoms with Gasteiger partial charge < -0.3 is 9.66 Å². The number of nitrogens with one attached hydrogen (secondary N) is 1. The van der Waals surface area contributed by atoms with Crippen LogP contribution in [0.5, 0.6) is 0 Å². The normalized spacial score (nSPS) is 14.9. The highest BCUT2D eigenvalue weighted by atomic mass is 35.5. The molecule has 0 aliphatic rings. The lowest BCUT2D eigenvalue weighted by atomic mass is 9.88. The molecule has 1 unspecified atom stereocenters. The number of carboxylic acid groups (broad SMARTS) is 1. The molecule has 4 nitrogen and oxygen atoms in total. The van der Waals surface area contributed by atoms with Crippen molar-refractivity contribution in [2.24, 2.45) is 0 Å². The third-order valence-electron chi connectivity index (χ3n) is 4.80. The molecule has 0 fully saturated rings. The molecule has 30 heavy (non-hydrogen) atoms. The highest BCUT2D eigenvalue weighted by Gasteiger charge is 2.40. The van der Waals surface area contributed by atoms with Gasteiger partial charge in [0.05, 0.1) is 12.0 Å². The van der Waals surface area contributed by atoms with Crippen molar-refractivity contribution >= 4 is 60.4 Å². The van der Waals surface area contributed by atoms with Crippen LogP contribution >= 0.6 is 22.9 Å². The first-order chi connectivity index (χ1) is 13.9. The lowest BCUT2D eigenvalue weighted by Gasteiger charge is -2.34. The number of benzene rings is 2. The van der Waals surface area contributed by atoms with Gasteiger partial charge in [-0.15, -0.1) is 22.0 Å². The van der Waals surface area contributed by atoms with E-state index < -0.39 is 27.6 Å². The Balaban J connectivity index is 2.22. The summed E-state index contributed by atoms with van der Waals surface area (Å²) < 4.78 is 17.4. The summed E-state index contributed by atoms with van der Waals surface area (Å²) >= 11 is 6.78. The fraction of sp³-hybridized carbons (Fsp3) is 0.348. The molecule has 1 heterocycles. The molecule has 7 heteroatoms. The first-order valence-corrected chi connectivity index (χ1v) is 11.8. The number of carboxylic acids is 1. The van der Waals surface area contributed by atoms with E-state index in [4.69, 9.17) is 11.6 Å². The summed E-state index contributed by atoms with van der Waals surface area (Å²) in [5.74, 6) is 4.99. The summed E-state index contributed by atoms with van der Waals surface area (Å²) in [6, 6.07) is 9.85. The van der Waals surface area contributed by atoms with Gasteiger partial charge in [0.1, 0.15) is 4.75 Å². The molecule has 3 rings (SSSR count). The Labute approximate surface area is 188 Å². The Morgan fingerprint density at radius 3 is 2.47 bits per heavy atom. The molecule has 0 amide bonds. The first kappa shape index (κ1) is 22.9. The molecule has 0 bridgehead atoms. The third-order valence-corrected chi connectivity index (χ3v) is 8.00. The number of fused-ring (bicyclic) bond motifs is 3. The molecule has 0 radical (unpaired) electrons. The van der Waals surface area contributed by atoms with Gasteiger partial charge in [-0.05, 0) is 70.5 Å². The van der Waals surface area contributed by atoms with Gasteiger partial charge in [-0.25, -0.2) is 0 Å². The van der Waals surface area contributed by atoms with Crippen molar-refractivity contribution in [1.82, 2.24) is 4.72 Å². The molecular formula is C23H24ClNO3S2. The van der Waals surface area contributed by atoms with Gasteiger partial charge in [-0.1, -0.05) is 17.5 Å². The minimum atomic E-state index is -1.48. The Morgan fingerprint density at radius 1 is 1.20 bits per heavy atom. The van der Waals surface area contributed by atoms with Gasteiger partial charge in [-0.3, -0.25) is 4.79 Å². The van der Waals surface area contributed by atoms with E-state index >= 15 is 0 Å². The topological polar surface area (TPSA) is 72.4 Å². The number of rotatable bonds is 5. The molecule has 0 saturated carbocycles. The van der Waals surface area contributed by atoms with Gasteiger partial charge in [0.2, 0.25) is 0 Å². The summed E-state index contributed by atoms with van der Waals surface area (Å²) in [4.78, 5) is 11.7. The van der Waals surface area contributed by atoms with E-state index in [0.717, 1.165) is 25.7 Å². The zero-order valence-corrected chi connectivity index (χ0v) is 19.9. The second kappa shape index (κ2) is 8.41. The highest BCUT2D eigenvalue weighted by molar-refractivity contribution is 7.90. The SMILES string of the molecule is CC#Cc1ccc2sc3cc(Cl)c([C@](C)(CC(=O)O)N[S+]([O-])C(C)(C)C)cc3c2c1. The zero-order valence-electron chi connectivity index (χ0n) is 17.6. The Hall–Kier alpha value is -1.75. The van der Waals surface area contributed by atoms with E-state index in [1.54, 1.807) is 25.2 Å². The standard InChI is InChI=1S/C23H24ClNO3S2/c1-6-7-14-8-9-19-15(10-14)16-11-17(18(24)12-20(16)29-19)23(5,13-21(26)27)25-30(28)22(2,3)4/h8-12,25H,13H2,1-5H3,(H,26,27)/t23-,30?/m0/s1. The van der Waals surface area contributed by atoms with Crippen LogP contribution in [-0.2, 0) is 21.7 Å². The number of thiophene rings is 1. The minimum Gasteiger partial charge on any atom is -0.598 e. The van der Waals surface area contributed by atoms with Gasteiger partial charge >= 0.3 is 5.97 Å². The fourth-order valence-corrected chi connectivity index (χ4v) is 5.73. The zero-order chi connectivity index (χ0) is 22.3. The number of aliphatic carboxylic acids is 1. The van der Waals surface area contributed by atoms with Gasteiger partial charge in [0, 0.05) is 42.1 Å². The molecule has 0 aliphatic heterocycles. The second-order valence-electron chi connectivity index (χ2n) is 8.40. The number of hydrogen-bond acceptors (Lipinski definition) is 4. The van der Waals surface area contributed by atoms with E-state index in [0.29, 0.717) is 10.6 Å². The van der Waals surface area contributed by atoms with Crippen molar-refractivity contribution < 1.29 is 14.5 Å². The van der Waals surface area contributed by atoms with Crippen molar-refractivity contribution in [2.75, 3.05) is 0 Å². The molecule has 2 aromatic carbocycles. The van der Waals surface area contributed by atoms with E-state index in [1.165, 1.54) is 0 Å². The van der Waals surface area contributed by atoms with Gasteiger partial charge in [-0.2, -0.15) is 0 Å². The van der Waals surface area contributed by atoms with Crippen molar-refractivity contribution in [3.63, 3.8) is 0 Å². The van der Waals surface area contributed by atoms with E-state index in [2.05, 4.69) is 16.6 Å². The van der Waals surface area contributed by atoms with E-state index in [9.17, 15) is 14.5 Å². The van der Waals surface area contributed by atoms with Crippen LogP contribution in [0.1, 0.15) is 52.2 Å². The average Bonchev–Trinajstić information content (AvgIpc) is 2.96. The molecule has 2 atom stereocenters. The quantitative estimate of drug-likeness (QED) is 0.371. The molecule has 3 aromatic rings. The molecule has 2 N–H and O–H groups in total. The molecule has 158 valence electrons. The third kappa shape index (κ3) is 4.61. The van der Waals surface area contributed by atoms with Crippen LogP contribution < -0.4 is 4.72 Å².